The van der Waals surface area contributed by atoms with E-state index in [1.165, 1.54) is 5.56 Å². The van der Waals surface area contributed by atoms with E-state index in [9.17, 15) is 4.79 Å². The Balaban J connectivity index is 1.75. The summed E-state index contributed by atoms with van der Waals surface area (Å²) in [5.41, 5.74) is 5.02. The number of carbonyl (C=O) groups is 1. The molecule has 0 spiro atoms. The monoisotopic (exact) mass is 427 g/mol. The molecule has 8 heteroatoms. The van der Waals surface area contributed by atoms with Gasteiger partial charge in [-0.1, -0.05) is 43.7 Å². The quantitative estimate of drug-likeness (QED) is 0.499. The van der Waals surface area contributed by atoms with E-state index in [-0.39, 0.29) is 17.9 Å². The highest BCUT2D eigenvalue weighted by Crippen LogP contribution is 2.26. The minimum Gasteiger partial charge on any atom is -0.344 e. The number of tetrazole rings is 1. The van der Waals surface area contributed by atoms with Crippen LogP contribution in [0.25, 0.3) is 16.8 Å². The minimum atomic E-state index is -0.290. The summed E-state index contributed by atoms with van der Waals surface area (Å²) in [5, 5.41) is 15.2. The molecule has 4 aromatic rings. The summed E-state index contributed by atoms with van der Waals surface area (Å²) in [4.78, 5) is 21.5. The Kier molecular flexibility index (Phi) is 6.02. The molecule has 8 nitrogen and oxygen atoms in total. The van der Waals surface area contributed by atoms with Gasteiger partial charge in [-0.3, -0.25) is 14.8 Å². The van der Waals surface area contributed by atoms with Crippen LogP contribution < -0.4 is 5.32 Å². The highest BCUT2D eigenvalue weighted by molar-refractivity contribution is 5.96. The molecule has 0 aliphatic rings. The van der Waals surface area contributed by atoms with Gasteiger partial charge in [0.25, 0.3) is 5.91 Å². The van der Waals surface area contributed by atoms with Crippen LogP contribution >= 0.6 is 0 Å². The molecule has 162 valence electrons. The predicted molar refractivity (Wildman–Crippen MR) is 121 cm³/mol. The second-order valence-electron chi connectivity index (χ2n) is 8.06. The third kappa shape index (κ3) is 4.54. The molecule has 1 amide bonds. The lowest BCUT2D eigenvalue weighted by molar-refractivity contribution is 0.0939. The third-order valence-electron chi connectivity index (χ3n) is 5.19. The molecule has 2 aromatic carbocycles. The highest BCUT2D eigenvalue weighted by atomic mass is 16.1. The van der Waals surface area contributed by atoms with Crippen molar-refractivity contribution in [3.63, 3.8) is 0 Å². The molecule has 0 aliphatic heterocycles. The topological polar surface area (TPSA) is 98.5 Å². The zero-order chi connectivity index (χ0) is 22.7. The molecule has 0 radical (unpaired) electrons. The number of aryl methyl sites for hydroxylation is 1. The van der Waals surface area contributed by atoms with Crippen molar-refractivity contribution in [2.24, 2.45) is 0 Å². The van der Waals surface area contributed by atoms with Crippen molar-refractivity contribution in [3.8, 4) is 16.8 Å². The minimum absolute atomic E-state index is 0.127. The van der Waals surface area contributed by atoms with Crippen LogP contribution in [-0.2, 0) is 0 Å². The molecule has 0 fully saturated rings. The molecular formula is C24H25N7O. The normalized spacial score (nSPS) is 12.0. The summed E-state index contributed by atoms with van der Waals surface area (Å²) in [6.07, 6.45) is 4.86. The number of nitrogens with zero attached hydrogens (tertiary/aromatic N) is 6. The number of hydrogen-bond donors (Lipinski definition) is 1. The van der Waals surface area contributed by atoms with Crippen molar-refractivity contribution >= 4 is 5.91 Å². The predicted octanol–water partition coefficient (Wildman–Crippen LogP) is 4.04. The Morgan fingerprint density at radius 1 is 1.00 bits per heavy atom. The lowest BCUT2D eigenvalue weighted by atomic mass is 10.00. The zero-order valence-electron chi connectivity index (χ0n) is 18.5. The maximum atomic E-state index is 13.2. The molecular weight excluding hydrogens is 402 g/mol. The average molecular weight is 428 g/mol. The Hall–Kier alpha value is -3.94. The van der Waals surface area contributed by atoms with Gasteiger partial charge in [0.15, 0.2) is 5.82 Å². The second-order valence-corrected chi connectivity index (χ2v) is 8.06. The van der Waals surface area contributed by atoms with E-state index >= 15 is 0 Å². The van der Waals surface area contributed by atoms with Gasteiger partial charge in [0.05, 0.1) is 23.6 Å². The van der Waals surface area contributed by atoms with Crippen LogP contribution in [0.4, 0.5) is 0 Å². The van der Waals surface area contributed by atoms with Gasteiger partial charge in [-0.2, -0.15) is 4.68 Å². The van der Waals surface area contributed by atoms with E-state index in [2.05, 4.69) is 42.9 Å². The smallest absolute Gasteiger partial charge is 0.251 e. The van der Waals surface area contributed by atoms with E-state index in [4.69, 9.17) is 0 Å². The van der Waals surface area contributed by atoms with Crippen LogP contribution in [0.2, 0.25) is 0 Å². The van der Waals surface area contributed by atoms with Gasteiger partial charge in [0.2, 0.25) is 0 Å². The first-order valence-electron chi connectivity index (χ1n) is 10.5. The van der Waals surface area contributed by atoms with E-state index in [1.54, 1.807) is 29.3 Å². The van der Waals surface area contributed by atoms with Gasteiger partial charge in [-0.25, -0.2) is 0 Å². The van der Waals surface area contributed by atoms with Gasteiger partial charge in [-0.15, -0.1) is 5.10 Å². The number of amides is 1. The molecule has 1 atom stereocenters. The maximum Gasteiger partial charge on any atom is 0.251 e. The molecule has 0 saturated heterocycles. The van der Waals surface area contributed by atoms with E-state index in [1.807, 2.05) is 52.0 Å². The van der Waals surface area contributed by atoms with Gasteiger partial charge >= 0.3 is 0 Å². The number of aromatic nitrogens is 6. The lowest BCUT2D eigenvalue weighted by Gasteiger charge is -2.15. The van der Waals surface area contributed by atoms with Crippen molar-refractivity contribution in [1.29, 1.82) is 0 Å². The number of carbonyl (C=O) groups excluding carboxylic acids is 1. The fourth-order valence-corrected chi connectivity index (χ4v) is 3.40. The molecule has 1 N–H and O–H groups in total. The first-order chi connectivity index (χ1) is 15.4. The van der Waals surface area contributed by atoms with Gasteiger partial charge in [-0.05, 0) is 53.6 Å². The van der Waals surface area contributed by atoms with Gasteiger partial charge in [0, 0.05) is 23.9 Å². The van der Waals surface area contributed by atoms with E-state index in [0.29, 0.717) is 11.3 Å². The summed E-state index contributed by atoms with van der Waals surface area (Å²) in [6, 6.07) is 13.6. The van der Waals surface area contributed by atoms with Crippen molar-refractivity contribution in [1.82, 2.24) is 35.5 Å². The van der Waals surface area contributed by atoms with E-state index in [0.717, 1.165) is 22.6 Å². The SMILES string of the molecule is Cc1ccc(-c2cc(C(=O)N[C@@H](C)c3cnccn3)cc(-n3nnnc3C(C)C)c2)cc1. The lowest BCUT2D eigenvalue weighted by Crippen LogP contribution is -2.27. The number of hydrogen-bond acceptors (Lipinski definition) is 6. The van der Waals surface area contributed by atoms with Crippen molar-refractivity contribution in [2.75, 3.05) is 0 Å². The molecule has 0 aliphatic carbocycles. The van der Waals surface area contributed by atoms with Crippen LogP contribution in [-0.4, -0.2) is 36.1 Å². The van der Waals surface area contributed by atoms with Gasteiger partial charge in [0.1, 0.15) is 0 Å². The zero-order valence-corrected chi connectivity index (χ0v) is 18.5. The summed E-state index contributed by atoms with van der Waals surface area (Å²) in [6.45, 7) is 7.98. The van der Waals surface area contributed by atoms with Crippen LogP contribution in [0.3, 0.4) is 0 Å². The van der Waals surface area contributed by atoms with Crippen molar-refractivity contribution < 1.29 is 4.79 Å². The molecule has 0 saturated carbocycles. The summed E-state index contributed by atoms with van der Waals surface area (Å²) < 4.78 is 1.69. The molecule has 32 heavy (non-hydrogen) atoms. The first kappa shape index (κ1) is 21.3. The summed E-state index contributed by atoms with van der Waals surface area (Å²) in [5.74, 6) is 0.643. The Bertz CT molecular complexity index is 1220. The van der Waals surface area contributed by atoms with Crippen LogP contribution in [0.1, 0.15) is 60.2 Å². The number of benzene rings is 2. The Morgan fingerprint density at radius 3 is 2.47 bits per heavy atom. The summed E-state index contributed by atoms with van der Waals surface area (Å²) in [7, 11) is 0. The van der Waals surface area contributed by atoms with Crippen molar-refractivity contribution in [3.05, 3.63) is 83.7 Å². The number of rotatable bonds is 6. The molecule has 4 rings (SSSR count). The molecule has 2 aromatic heterocycles. The standard InChI is InChI=1S/C24H25N7O/c1-15(2)23-28-29-30-31(23)21-12-19(18-7-5-16(3)6-8-18)11-20(13-21)24(32)27-17(4)22-14-25-9-10-26-22/h5-15,17H,1-4H3,(H,27,32)/t17-/m0/s1. The van der Waals surface area contributed by atoms with Gasteiger partial charge < -0.3 is 5.32 Å². The Morgan fingerprint density at radius 2 is 1.78 bits per heavy atom. The second kappa shape index (κ2) is 9.05. The fourth-order valence-electron chi connectivity index (χ4n) is 3.40. The maximum absolute atomic E-state index is 13.2. The summed E-state index contributed by atoms with van der Waals surface area (Å²) >= 11 is 0. The third-order valence-corrected chi connectivity index (χ3v) is 5.19. The molecule has 0 unspecified atom stereocenters. The average Bonchev–Trinajstić information content (AvgIpc) is 3.30. The molecule has 2 heterocycles. The first-order valence-corrected chi connectivity index (χ1v) is 10.5. The molecule has 0 bridgehead atoms. The van der Waals surface area contributed by atoms with Crippen molar-refractivity contribution in [2.45, 2.75) is 39.7 Å². The fraction of sp³-hybridized carbons (Fsp3) is 0.250. The van der Waals surface area contributed by atoms with Crippen LogP contribution in [0.15, 0.2) is 61.1 Å². The number of nitrogens with one attached hydrogen (secondary N) is 1. The Labute approximate surface area is 186 Å². The van der Waals surface area contributed by atoms with Crippen LogP contribution in [0, 0.1) is 6.92 Å². The van der Waals surface area contributed by atoms with Crippen LogP contribution in [0.5, 0.6) is 0 Å². The highest BCUT2D eigenvalue weighted by Gasteiger charge is 2.18. The largest absolute Gasteiger partial charge is 0.344 e. The van der Waals surface area contributed by atoms with E-state index < -0.39 is 0 Å².